The normalized spacial score (nSPS) is 11.5. The van der Waals surface area contributed by atoms with E-state index in [1.165, 1.54) is 23.9 Å². The van der Waals surface area contributed by atoms with E-state index in [1.807, 2.05) is 0 Å². The number of benzene rings is 2. The summed E-state index contributed by atoms with van der Waals surface area (Å²) in [7, 11) is 1.53. The van der Waals surface area contributed by atoms with E-state index in [1.54, 1.807) is 34.0 Å². The Balaban J connectivity index is 1.80. The summed E-state index contributed by atoms with van der Waals surface area (Å²) in [5, 5.41) is 7.67. The molecule has 7 nitrogen and oxygen atoms in total. The van der Waals surface area contributed by atoms with Crippen LogP contribution in [0.15, 0.2) is 52.3 Å². The van der Waals surface area contributed by atoms with Gasteiger partial charge in [0.25, 0.3) is 5.56 Å². The molecule has 2 heterocycles. The predicted molar refractivity (Wildman–Crippen MR) is 106 cm³/mol. The highest BCUT2D eigenvalue weighted by Crippen LogP contribution is 2.27. The fourth-order valence-electron chi connectivity index (χ4n) is 3.30. The van der Waals surface area contributed by atoms with Crippen molar-refractivity contribution in [1.29, 1.82) is 0 Å². The molecule has 0 saturated carbocycles. The third kappa shape index (κ3) is 3.84. The van der Waals surface area contributed by atoms with E-state index in [-0.39, 0.29) is 22.2 Å². The summed E-state index contributed by atoms with van der Waals surface area (Å²) >= 11 is 3.12. The van der Waals surface area contributed by atoms with Crippen LogP contribution in [0.5, 0.6) is 5.75 Å². The topological polar surface area (TPSA) is 66.9 Å². The van der Waals surface area contributed by atoms with Gasteiger partial charge in [0.2, 0.25) is 0 Å². The molecular weight excluding hydrogens is 467 g/mol. The number of hydrogen-bond acceptors (Lipinski definition) is 4. The Labute approximate surface area is 176 Å². The molecule has 4 aromatic rings. The SMILES string of the molecule is Cn1c(=O)c2cc(F)c(Br)cc2n1Cc1cc(Cn2cnnc2)ccc1OC(F)F. The van der Waals surface area contributed by atoms with Crippen molar-refractivity contribution in [1.82, 2.24) is 24.1 Å². The van der Waals surface area contributed by atoms with Gasteiger partial charge in [-0.2, -0.15) is 8.78 Å². The predicted octanol–water partition coefficient (Wildman–Crippen LogP) is 3.53. The molecule has 30 heavy (non-hydrogen) atoms. The average molecular weight is 482 g/mol. The van der Waals surface area contributed by atoms with Crippen molar-refractivity contribution in [2.24, 2.45) is 7.05 Å². The van der Waals surface area contributed by atoms with Crippen LogP contribution in [0.4, 0.5) is 13.2 Å². The van der Waals surface area contributed by atoms with Crippen molar-refractivity contribution in [2.75, 3.05) is 0 Å². The molecule has 0 aliphatic heterocycles. The Hall–Kier alpha value is -3.08. The number of fused-ring (bicyclic) bond motifs is 1. The molecule has 11 heteroatoms. The maximum atomic E-state index is 13.9. The summed E-state index contributed by atoms with van der Waals surface area (Å²) in [6, 6.07) is 7.48. The second kappa shape index (κ2) is 7.98. The second-order valence-corrected chi connectivity index (χ2v) is 7.48. The Bertz CT molecular complexity index is 1270. The van der Waals surface area contributed by atoms with Crippen LogP contribution >= 0.6 is 15.9 Å². The molecular formula is C19H15BrF3N5O2. The minimum absolute atomic E-state index is 0.00650. The molecule has 0 radical (unpaired) electrons. The lowest BCUT2D eigenvalue weighted by atomic mass is 10.1. The third-order valence-corrected chi connectivity index (χ3v) is 5.30. The fraction of sp³-hybridized carbons (Fsp3) is 0.211. The Morgan fingerprint density at radius 2 is 1.87 bits per heavy atom. The molecule has 2 aromatic heterocycles. The maximum Gasteiger partial charge on any atom is 0.387 e. The molecule has 0 saturated heterocycles. The van der Waals surface area contributed by atoms with Gasteiger partial charge >= 0.3 is 6.61 Å². The minimum atomic E-state index is -3.00. The van der Waals surface area contributed by atoms with Gasteiger partial charge in [0, 0.05) is 12.6 Å². The van der Waals surface area contributed by atoms with Gasteiger partial charge in [-0.1, -0.05) is 6.07 Å². The van der Waals surface area contributed by atoms with E-state index in [2.05, 4.69) is 30.9 Å². The Morgan fingerprint density at radius 1 is 1.13 bits per heavy atom. The molecule has 0 spiro atoms. The molecule has 0 N–H and O–H groups in total. The summed E-state index contributed by atoms with van der Waals surface area (Å²) in [6.45, 7) is -2.51. The summed E-state index contributed by atoms with van der Waals surface area (Å²) < 4.78 is 49.3. The Kier molecular flexibility index (Phi) is 5.37. The monoisotopic (exact) mass is 481 g/mol. The summed E-state index contributed by atoms with van der Waals surface area (Å²) in [5.41, 5.74) is 1.31. The lowest BCUT2D eigenvalue weighted by Crippen LogP contribution is -2.20. The Morgan fingerprint density at radius 3 is 2.57 bits per heavy atom. The van der Waals surface area contributed by atoms with Crippen LogP contribution in [0.25, 0.3) is 10.9 Å². The number of nitrogens with zero attached hydrogens (tertiary/aromatic N) is 5. The van der Waals surface area contributed by atoms with Crippen LogP contribution in [0.1, 0.15) is 11.1 Å². The van der Waals surface area contributed by atoms with Gasteiger partial charge in [-0.15, -0.1) is 10.2 Å². The highest BCUT2D eigenvalue weighted by molar-refractivity contribution is 9.10. The van der Waals surface area contributed by atoms with Crippen LogP contribution in [0.2, 0.25) is 0 Å². The van der Waals surface area contributed by atoms with Gasteiger partial charge in [-0.05, 0) is 45.8 Å². The summed E-state index contributed by atoms with van der Waals surface area (Å²) in [4.78, 5) is 12.5. The molecule has 0 bridgehead atoms. The molecule has 2 aromatic carbocycles. The number of ether oxygens (including phenoxy) is 1. The first kappa shape index (κ1) is 20.2. The molecule has 0 aliphatic carbocycles. The molecule has 0 unspecified atom stereocenters. The smallest absolute Gasteiger partial charge is 0.387 e. The van der Waals surface area contributed by atoms with E-state index in [9.17, 15) is 18.0 Å². The lowest BCUT2D eigenvalue weighted by molar-refractivity contribution is -0.0505. The fourth-order valence-corrected chi connectivity index (χ4v) is 3.63. The highest BCUT2D eigenvalue weighted by Gasteiger charge is 2.17. The third-order valence-electron chi connectivity index (χ3n) is 4.70. The van der Waals surface area contributed by atoms with Gasteiger partial charge < -0.3 is 9.30 Å². The van der Waals surface area contributed by atoms with Crippen molar-refractivity contribution in [3.8, 4) is 5.75 Å². The van der Waals surface area contributed by atoms with Crippen molar-refractivity contribution >= 4 is 26.8 Å². The van der Waals surface area contributed by atoms with Crippen LogP contribution in [0.3, 0.4) is 0 Å². The average Bonchev–Trinajstić information content (AvgIpc) is 3.28. The summed E-state index contributed by atoms with van der Waals surface area (Å²) in [5.74, 6) is -0.567. The van der Waals surface area contributed by atoms with Gasteiger partial charge in [-0.25, -0.2) is 4.39 Å². The van der Waals surface area contributed by atoms with Crippen molar-refractivity contribution in [2.45, 2.75) is 19.7 Å². The van der Waals surface area contributed by atoms with E-state index in [4.69, 9.17) is 0 Å². The molecule has 0 aliphatic rings. The quantitative estimate of drug-likeness (QED) is 0.422. The van der Waals surface area contributed by atoms with Gasteiger partial charge in [0.1, 0.15) is 24.2 Å². The van der Waals surface area contributed by atoms with E-state index in [0.29, 0.717) is 17.6 Å². The van der Waals surface area contributed by atoms with Gasteiger partial charge in [0.05, 0.1) is 28.5 Å². The molecule has 4 rings (SSSR count). The first-order valence-corrected chi connectivity index (χ1v) is 9.56. The number of rotatable bonds is 6. The first-order chi connectivity index (χ1) is 14.3. The minimum Gasteiger partial charge on any atom is -0.434 e. The van der Waals surface area contributed by atoms with Gasteiger partial charge in [-0.3, -0.25) is 14.2 Å². The highest BCUT2D eigenvalue weighted by atomic mass is 79.9. The molecule has 0 atom stereocenters. The number of alkyl halides is 2. The zero-order valence-electron chi connectivity index (χ0n) is 15.6. The molecule has 156 valence electrons. The van der Waals surface area contributed by atoms with E-state index >= 15 is 0 Å². The maximum absolute atomic E-state index is 13.9. The van der Waals surface area contributed by atoms with Crippen molar-refractivity contribution < 1.29 is 17.9 Å². The first-order valence-electron chi connectivity index (χ1n) is 8.77. The van der Waals surface area contributed by atoms with Crippen LogP contribution in [0, 0.1) is 5.82 Å². The van der Waals surface area contributed by atoms with Gasteiger partial charge in [0.15, 0.2) is 0 Å². The number of aromatic nitrogens is 5. The van der Waals surface area contributed by atoms with Crippen LogP contribution in [-0.4, -0.2) is 30.7 Å². The lowest BCUT2D eigenvalue weighted by Gasteiger charge is -2.15. The van der Waals surface area contributed by atoms with Crippen molar-refractivity contribution in [3.63, 3.8) is 0 Å². The van der Waals surface area contributed by atoms with E-state index < -0.39 is 18.0 Å². The van der Waals surface area contributed by atoms with Crippen molar-refractivity contribution in [3.05, 3.63) is 74.8 Å². The zero-order valence-corrected chi connectivity index (χ0v) is 17.2. The standard InChI is InChI=1S/C19H15BrF3N5O2/c1-26-18(29)13-5-15(21)14(20)6-16(13)28(26)8-12-4-11(7-27-9-24-25-10-27)2-3-17(12)30-19(22)23/h2-6,9-10,19H,7-8H2,1H3. The molecule has 0 amide bonds. The molecule has 0 fully saturated rings. The number of hydrogen-bond donors (Lipinski definition) is 0. The van der Waals surface area contributed by atoms with E-state index in [0.717, 1.165) is 11.6 Å². The van der Waals surface area contributed by atoms with Crippen LogP contribution in [-0.2, 0) is 20.1 Å². The zero-order chi connectivity index (χ0) is 21.4. The largest absolute Gasteiger partial charge is 0.434 e. The second-order valence-electron chi connectivity index (χ2n) is 6.62. The number of halogens is 4. The van der Waals surface area contributed by atoms with Crippen LogP contribution < -0.4 is 10.3 Å². The summed E-state index contributed by atoms with van der Waals surface area (Å²) in [6.07, 6.45) is 3.08.